The Morgan fingerprint density at radius 1 is 1.42 bits per heavy atom. The van der Waals surface area contributed by atoms with Gasteiger partial charge in [-0.05, 0) is 23.0 Å². The third-order valence-corrected chi connectivity index (χ3v) is 4.02. The lowest BCUT2D eigenvalue weighted by Crippen LogP contribution is -2.41. The number of hydrogen-bond acceptors (Lipinski definition) is 2. The molecule has 0 radical (unpaired) electrons. The lowest BCUT2D eigenvalue weighted by Gasteiger charge is -2.31. The lowest BCUT2D eigenvalue weighted by molar-refractivity contribution is -0.122. The molecule has 2 atom stereocenters. The summed E-state index contributed by atoms with van der Waals surface area (Å²) in [5, 5.41) is 3.01. The fraction of sp³-hybridized carbons (Fsp3) is 0.562. The van der Waals surface area contributed by atoms with Crippen LogP contribution in [0.25, 0.3) is 0 Å². The molecule has 0 heterocycles. The molecular weight excluding hydrogens is 236 g/mol. The standard InChI is InChI=1S/C16H24N2O/c1-16(2,3)14(17)9-15(19)18-10-12-8-11-6-4-5-7-13(11)12/h4-7,12,14H,8-10,17H2,1-3H3,(H,18,19). The van der Waals surface area contributed by atoms with E-state index < -0.39 is 0 Å². The number of benzene rings is 1. The van der Waals surface area contributed by atoms with Crippen molar-refractivity contribution in [2.75, 3.05) is 6.54 Å². The Bertz CT molecular complexity index is 462. The zero-order chi connectivity index (χ0) is 14.0. The number of nitrogens with two attached hydrogens (primary N) is 1. The fourth-order valence-electron chi connectivity index (χ4n) is 2.36. The van der Waals surface area contributed by atoms with Crippen LogP contribution in [0.2, 0.25) is 0 Å². The Kier molecular flexibility index (Phi) is 3.95. The first-order valence-electron chi connectivity index (χ1n) is 6.98. The second kappa shape index (κ2) is 5.33. The largest absolute Gasteiger partial charge is 0.355 e. The van der Waals surface area contributed by atoms with Crippen LogP contribution in [-0.2, 0) is 11.2 Å². The number of rotatable bonds is 4. The highest BCUT2D eigenvalue weighted by molar-refractivity contribution is 5.76. The SMILES string of the molecule is CC(C)(C)C(N)CC(=O)NCC1Cc2ccccc21. The zero-order valence-electron chi connectivity index (χ0n) is 12.1. The second-order valence-electron chi connectivity index (χ2n) is 6.58. The summed E-state index contributed by atoms with van der Waals surface area (Å²) in [5.74, 6) is 0.540. The molecule has 1 aliphatic carbocycles. The molecule has 1 amide bonds. The van der Waals surface area contributed by atoms with Gasteiger partial charge in [0.05, 0.1) is 0 Å². The third kappa shape index (κ3) is 3.35. The molecule has 2 unspecified atom stereocenters. The van der Waals surface area contributed by atoms with Gasteiger partial charge in [-0.3, -0.25) is 4.79 Å². The van der Waals surface area contributed by atoms with Crippen LogP contribution >= 0.6 is 0 Å². The number of fused-ring (bicyclic) bond motifs is 1. The molecule has 0 spiro atoms. The summed E-state index contributed by atoms with van der Waals surface area (Å²) in [5.41, 5.74) is 8.78. The molecule has 0 saturated carbocycles. The lowest BCUT2D eigenvalue weighted by atomic mass is 9.77. The Labute approximate surface area is 115 Å². The first kappa shape index (κ1) is 14.1. The fourth-order valence-corrected chi connectivity index (χ4v) is 2.36. The van der Waals surface area contributed by atoms with Crippen molar-refractivity contribution < 1.29 is 4.79 Å². The van der Waals surface area contributed by atoms with Gasteiger partial charge in [-0.25, -0.2) is 0 Å². The van der Waals surface area contributed by atoms with Gasteiger partial charge in [0.15, 0.2) is 0 Å². The Morgan fingerprint density at radius 2 is 2.11 bits per heavy atom. The van der Waals surface area contributed by atoms with Crippen LogP contribution in [0.3, 0.4) is 0 Å². The normalized spacial score (nSPS) is 19.3. The number of nitrogens with one attached hydrogen (secondary N) is 1. The minimum atomic E-state index is -0.0961. The van der Waals surface area contributed by atoms with Crippen molar-refractivity contribution in [1.82, 2.24) is 5.32 Å². The van der Waals surface area contributed by atoms with Crippen molar-refractivity contribution in [3.8, 4) is 0 Å². The third-order valence-electron chi connectivity index (χ3n) is 4.02. The maximum Gasteiger partial charge on any atom is 0.221 e. The predicted molar refractivity (Wildman–Crippen MR) is 77.9 cm³/mol. The highest BCUT2D eigenvalue weighted by atomic mass is 16.1. The van der Waals surface area contributed by atoms with E-state index in [-0.39, 0.29) is 17.4 Å². The maximum atomic E-state index is 11.9. The van der Waals surface area contributed by atoms with Gasteiger partial charge in [0.2, 0.25) is 5.91 Å². The predicted octanol–water partition coefficient (Wildman–Crippen LogP) is 2.21. The van der Waals surface area contributed by atoms with E-state index in [4.69, 9.17) is 5.73 Å². The average Bonchev–Trinajstić information content (AvgIpc) is 2.29. The summed E-state index contributed by atoms with van der Waals surface area (Å²) in [6.45, 7) is 6.92. The van der Waals surface area contributed by atoms with E-state index >= 15 is 0 Å². The van der Waals surface area contributed by atoms with Crippen molar-refractivity contribution in [3.05, 3.63) is 35.4 Å². The van der Waals surface area contributed by atoms with E-state index in [1.54, 1.807) is 0 Å². The molecule has 3 N–H and O–H groups in total. The van der Waals surface area contributed by atoms with E-state index in [0.717, 1.165) is 13.0 Å². The Balaban J connectivity index is 1.77. The van der Waals surface area contributed by atoms with E-state index in [0.29, 0.717) is 12.3 Å². The molecule has 3 heteroatoms. The molecule has 104 valence electrons. The Morgan fingerprint density at radius 3 is 2.74 bits per heavy atom. The molecule has 0 saturated heterocycles. The highest BCUT2D eigenvalue weighted by Gasteiger charge is 2.27. The van der Waals surface area contributed by atoms with Crippen LogP contribution in [0.5, 0.6) is 0 Å². The van der Waals surface area contributed by atoms with Gasteiger partial charge in [0.1, 0.15) is 0 Å². The topological polar surface area (TPSA) is 55.1 Å². The van der Waals surface area contributed by atoms with Gasteiger partial charge in [0.25, 0.3) is 0 Å². The summed E-state index contributed by atoms with van der Waals surface area (Å²) in [4.78, 5) is 11.9. The molecule has 0 bridgehead atoms. The molecule has 1 aromatic carbocycles. The molecule has 0 fully saturated rings. The van der Waals surface area contributed by atoms with Crippen molar-refractivity contribution in [1.29, 1.82) is 0 Å². The van der Waals surface area contributed by atoms with Crippen LogP contribution in [0.15, 0.2) is 24.3 Å². The molecule has 19 heavy (non-hydrogen) atoms. The number of hydrogen-bond donors (Lipinski definition) is 2. The summed E-state index contributed by atoms with van der Waals surface area (Å²) >= 11 is 0. The number of carbonyl (C=O) groups excluding carboxylic acids is 1. The molecule has 0 aliphatic heterocycles. The van der Waals surface area contributed by atoms with Crippen LogP contribution < -0.4 is 11.1 Å². The average molecular weight is 260 g/mol. The highest BCUT2D eigenvalue weighted by Crippen LogP contribution is 2.34. The van der Waals surface area contributed by atoms with E-state index in [1.807, 2.05) is 0 Å². The minimum Gasteiger partial charge on any atom is -0.355 e. The smallest absolute Gasteiger partial charge is 0.221 e. The van der Waals surface area contributed by atoms with E-state index in [2.05, 4.69) is 50.4 Å². The van der Waals surface area contributed by atoms with Gasteiger partial charge >= 0.3 is 0 Å². The van der Waals surface area contributed by atoms with Gasteiger partial charge in [-0.15, -0.1) is 0 Å². The minimum absolute atomic E-state index is 0.0274. The molecule has 3 nitrogen and oxygen atoms in total. The van der Waals surface area contributed by atoms with Gasteiger partial charge < -0.3 is 11.1 Å². The van der Waals surface area contributed by atoms with Gasteiger partial charge in [0, 0.05) is 24.9 Å². The van der Waals surface area contributed by atoms with Crippen LogP contribution in [0, 0.1) is 5.41 Å². The number of carbonyl (C=O) groups is 1. The summed E-state index contributed by atoms with van der Waals surface area (Å²) < 4.78 is 0. The molecule has 1 aliphatic rings. The van der Waals surface area contributed by atoms with Crippen LogP contribution in [0.1, 0.15) is 44.2 Å². The summed E-state index contributed by atoms with van der Waals surface area (Å²) in [6, 6.07) is 8.33. The molecule has 2 rings (SSSR count). The van der Waals surface area contributed by atoms with E-state index in [9.17, 15) is 4.79 Å². The summed E-state index contributed by atoms with van der Waals surface area (Å²) in [6.07, 6.45) is 1.47. The maximum absolute atomic E-state index is 11.9. The first-order chi connectivity index (χ1) is 8.88. The van der Waals surface area contributed by atoms with Gasteiger partial charge in [-0.1, -0.05) is 45.0 Å². The van der Waals surface area contributed by atoms with Crippen LogP contribution in [0.4, 0.5) is 0 Å². The molecule has 0 aromatic heterocycles. The Hall–Kier alpha value is -1.35. The summed E-state index contributed by atoms with van der Waals surface area (Å²) in [7, 11) is 0. The quantitative estimate of drug-likeness (QED) is 0.872. The molecule has 1 aromatic rings. The van der Waals surface area contributed by atoms with Gasteiger partial charge in [-0.2, -0.15) is 0 Å². The van der Waals surface area contributed by atoms with Crippen LogP contribution in [-0.4, -0.2) is 18.5 Å². The van der Waals surface area contributed by atoms with E-state index in [1.165, 1.54) is 11.1 Å². The first-order valence-corrected chi connectivity index (χ1v) is 6.98. The van der Waals surface area contributed by atoms with Crippen molar-refractivity contribution in [2.45, 2.75) is 45.6 Å². The van der Waals surface area contributed by atoms with Crippen molar-refractivity contribution >= 4 is 5.91 Å². The second-order valence-corrected chi connectivity index (χ2v) is 6.58. The van der Waals surface area contributed by atoms with Crippen molar-refractivity contribution in [3.63, 3.8) is 0 Å². The van der Waals surface area contributed by atoms with Crippen molar-refractivity contribution in [2.24, 2.45) is 11.1 Å². The monoisotopic (exact) mass is 260 g/mol. The molecular formula is C16H24N2O. The number of amides is 1. The zero-order valence-corrected chi connectivity index (χ0v) is 12.1.